The molecule has 6 N–H and O–H groups in total. The van der Waals surface area contributed by atoms with Gasteiger partial charge in [0.15, 0.2) is 12.4 Å². The number of hydrogen-bond donors (Lipinski definition) is 4. The van der Waals surface area contributed by atoms with Crippen molar-refractivity contribution in [1.29, 1.82) is 0 Å². The fourth-order valence-electron chi connectivity index (χ4n) is 6.59. The minimum absolute atomic E-state index is 0.791. The van der Waals surface area contributed by atoms with Gasteiger partial charge in [0.05, 0.1) is 0 Å². The smallest absolute Gasteiger partial charge is 0.171 e. The number of aryl methyl sites for hydroxylation is 2. The Bertz CT molecular complexity index is 712. The van der Waals surface area contributed by atoms with Crippen LogP contribution >= 0.6 is 0 Å². The fourth-order valence-corrected chi connectivity index (χ4v) is 6.59. The number of hydrogen-bond acceptors (Lipinski definition) is 4. The van der Waals surface area contributed by atoms with Gasteiger partial charge in [0.25, 0.3) is 0 Å². The van der Waals surface area contributed by atoms with Crippen LogP contribution in [0.5, 0.6) is 0 Å². The molecule has 46 heavy (non-hydrogen) atoms. The Hall–Kier alpha value is -1.01. The first-order valence-corrected chi connectivity index (χ1v) is 20.7. The fraction of sp³-hybridized carbons (Fsp3) is 0.878. The summed E-state index contributed by atoms with van der Waals surface area (Å²) < 4.78 is 2.44. The van der Waals surface area contributed by atoms with Crippen LogP contribution in [0, 0.1) is 0 Å². The van der Waals surface area contributed by atoms with Gasteiger partial charge in [-0.3, -0.25) is 0 Å². The Morgan fingerprint density at radius 2 is 0.804 bits per heavy atom. The highest BCUT2D eigenvalue weighted by Crippen LogP contribution is 2.14. The van der Waals surface area contributed by atoms with E-state index < -0.39 is 0 Å². The molecule has 0 spiro atoms. The van der Waals surface area contributed by atoms with Gasteiger partial charge in [-0.15, -0.1) is 0 Å². The number of pyridine rings is 1. The van der Waals surface area contributed by atoms with E-state index in [1.807, 2.05) is 0 Å². The van der Waals surface area contributed by atoms with Crippen molar-refractivity contribution in [3.05, 3.63) is 30.1 Å². The molecule has 1 aromatic heterocycles. The molecule has 0 radical (unpaired) electrons. The molecule has 0 aliphatic rings. The molecule has 1 heterocycles. The predicted octanol–water partition coefficient (Wildman–Crippen LogP) is 9.54. The molecule has 0 aliphatic carbocycles. The van der Waals surface area contributed by atoms with Crippen molar-refractivity contribution in [3.8, 4) is 0 Å². The number of rotatable bonds is 38. The second-order valence-electron chi connectivity index (χ2n) is 14.2. The van der Waals surface area contributed by atoms with Gasteiger partial charge < -0.3 is 22.1 Å². The van der Waals surface area contributed by atoms with Crippen molar-refractivity contribution in [2.45, 2.75) is 193 Å². The van der Waals surface area contributed by atoms with Crippen molar-refractivity contribution in [2.75, 3.05) is 39.3 Å². The third-order valence-corrected chi connectivity index (χ3v) is 9.62. The second kappa shape index (κ2) is 36.8. The highest BCUT2D eigenvalue weighted by Gasteiger charge is 2.04. The Morgan fingerprint density at radius 3 is 1.30 bits per heavy atom. The zero-order valence-corrected chi connectivity index (χ0v) is 30.9. The maximum absolute atomic E-state index is 5.56. The van der Waals surface area contributed by atoms with Crippen molar-refractivity contribution in [1.82, 2.24) is 10.6 Å². The predicted molar refractivity (Wildman–Crippen MR) is 203 cm³/mol. The maximum Gasteiger partial charge on any atom is 0.171 e. The molecule has 0 atom stereocenters. The van der Waals surface area contributed by atoms with Gasteiger partial charge in [-0.25, -0.2) is 4.57 Å². The lowest BCUT2D eigenvalue weighted by Gasteiger charge is -2.06. The van der Waals surface area contributed by atoms with Crippen molar-refractivity contribution in [3.63, 3.8) is 0 Å². The third-order valence-electron chi connectivity index (χ3n) is 9.62. The summed E-state index contributed by atoms with van der Waals surface area (Å²) in [6.07, 6.45) is 44.7. The number of nitrogens with two attached hydrogens (primary N) is 2. The van der Waals surface area contributed by atoms with Crippen molar-refractivity contribution < 1.29 is 4.57 Å². The van der Waals surface area contributed by atoms with Gasteiger partial charge in [0.1, 0.15) is 6.54 Å². The molecule has 0 aromatic carbocycles. The normalized spacial score (nSPS) is 11.5. The molecule has 0 aliphatic heterocycles. The largest absolute Gasteiger partial charge is 0.330 e. The number of nitrogens with one attached hydrogen (secondary N) is 2. The van der Waals surface area contributed by atoms with Crippen LogP contribution in [0.3, 0.4) is 0 Å². The molecule has 0 unspecified atom stereocenters. The molecule has 0 fully saturated rings. The van der Waals surface area contributed by atoms with E-state index in [0.717, 1.165) is 39.1 Å². The van der Waals surface area contributed by atoms with Crippen molar-refractivity contribution >= 4 is 0 Å². The second-order valence-corrected chi connectivity index (χ2v) is 14.2. The van der Waals surface area contributed by atoms with E-state index in [4.69, 9.17) is 11.5 Å². The topological polar surface area (TPSA) is 80.0 Å². The highest BCUT2D eigenvalue weighted by atomic mass is 14.9. The molecule has 1 aromatic rings. The summed E-state index contributed by atoms with van der Waals surface area (Å²) in [5.41, 5.74) is 12.6. The van der Waals surface area contributed by atoms with Crippen LogP contribution in [0.1, 0.15) is 185 Å². The summed E-state index contributed by atoms with van der Waals surface area (Å²) in [6.45, 7) is 7.33. The molecule has 5 heteroatoms. The van der Waals surface area contributed by atoms with Crippen LogP contribution < -0.4 is 26.7 Å². The van der Waals surface area contributed by atoms with Crippen LogP contribution in [0.15, 0.2) is 24.5 Å². The van der Waals surface area contributed by atoms with Crippen LogP contribution in [-0.4, -0.2) is 39.3 Å². The first kappa shape index (κ1) is 43.0. The first-order valence-electron chi connectivity index (χ1n) is 20.7. The van der Waals surface area contributed by atoms with Crippen LogP contribution in [0.2, 0.25) is 0 Å². The van der Waals surface area contributed by atoms with E-state index in [1.54, 1.807) is 0 Å². The summed E-state index contributed by atoms with van der Waals surface area (Å²) in [4.78, 5) is 0. The van der Waals surface area contributed by atoms with Gasteiger partial charge in [0.2, 0.25) is 0 Å². The molecular weight excluding hydrogens is 562 g/mol. The molecular formula is C41H82N5+. The highest BCUT2D eigenvalue weighted by molar-refractivity contribution is 5.05. The number of aromatic nitrogens is 1. The lowest BCUT2D eigenvalue weighted by Crippen LogP contribution is -2.33. The molecule has 1 rings (SSSR count). The maximum atomic E-state index is 5.56. The van der Waals surface area contributed by atoms with Gasteiger partial charge in [0, 0.05) is 18.1 Å². The summed E-state index contributed by atoms with van der Waals surface area (Å²) in [5, 5.41) is 7.03. The SMILES string of the molecule is NCCCCCCCCCCCCCCCC[n+]1cccc(CCCCCCCCCCCCCCNCCCNCCCN)c1. The van der Waals surface area contributed by atoms with E-state index >= 15 is 0 Å². The minimum atomic E-state index is 0.791. The molecule has 5 nitrogen and oxygen atoms in total. The molecule has 0 amide bonds. The van der Waals surface area contributed by atoms with E-state index in [2.05, 4.69) is 39.7 Å². The Morgan fingerprint density at radius 1 is 0.413 bits per heavy atom. The quantitative estimate of drug-likeness (QED) is 0.0427. The van der Waals surface area contributed by atoms with E-state index in [9.17, 15) is 0 Å². The van der Waals surface area contributed by atoms with Gasteiger partial charge in [-0.2, -0.15) is 0 Å². The first-order chi connectivity index (χ1) is 22.9. The van der Waals surface area contributed by atoms with E-state index in [0.29, 0.717) is 0 Å². The van der Waals surface area contributed by atoms with Gasteiger partial charge in [-0.05, 0) is 90.3 Å². The zero-order chi connectivity index (χ0) is 32.9. The number of nitrogens with zero attached hydrogens (tertiary/aromatic N) is 1. The Balaban J connectivity index is 1.81. The summed E-state index contributed by atoms with van der Waals surface area (Å²) in [6, 6.07) is 4.60. The molecule has 0 bridgehead atoms. The lowest BCUT2D eigenvalue weighted by atomic mass is 10.0. The zero-order valence-electron chi connectivity index (χ0n) is 30.9. The standard InChI is InChI=1S/C41H82N5/c42-32-24-20-16-12-8-4-1-2-6-10-14-18-22-26-38-46-39-27-31-41(40-46)30-23-19-15-11-7-3-5-9-13-17-21-25-34-44-36-29-37-45-35-28-33-43/h27,31,39-40,44-45H,1-26,28-30,32-38,42-43H2/q+1. The lowest BCUT2D eigenvalue weighted by molar-refractivity contribution is -0.697. The molecule has 0 saturated carbocycles. The van der Waals surface area contributed by atoms with Crippen LogP contribution in [-0.2, 0) is 13.0 Å². The average molecular weight is 645 g/mol. The monoisotopic (exact) mass is 645 g/mol. The average Bonchev–Trinajstić information content (AvgIpc) is 3.07. The van der Waals surface area contributed by atoms with Gasteiger partial charge in [-0.1, -0.05) is 135 Å². The van der Waals surface area contributed by atoms with Crippen molar-refractivity contribution in [2.24, 2.45) is 11.5 Å². The van der Waals surface area contributed by atoms with E-state index in [-0.39, 0.29) is 0 Å². The Labute approximate surface area is 288 Å². The molecule has 270 valence electrons. The summed E-state index contributed by atoms with van der Waals surface area (Å²) in [7, 11) is 0. The van der Waals surface area contributed by atoms with Gasteiger partial charge >= 0.3 is 0 Å². The minimum Gasteiger partial charge on any atom is -0.330 e. The van der Waals surface area contributed by atoms with Crippen LogP contribution in [0.4, 0.5) is 0 Å². The summed E-state index contributed by atoms with van der Waals surface area (Å²) >= 11 is 0. The third kappa shape index (κ3) is 31.6. The van der Waals surface area contributed by atoms with Crippen LogP contribution in [0.25, 0.3) is 0 Å². The Kier molecular flexibility index (Phi) is 34.4. The summed E-state index contributed by atoms with van der Waals surface area (Å²) in [5.74, 6) is 0. The number of unbranched alkanes of at least 4 members (excludes halogenated alkanes) is 24. The molecule has 0 saturated heterocycles. The van der Waals surface area contributed by atoms with E-state index in [1.165, 1.54) is 198 Å².